The topological polar surface area (TPSA) is 102 Å². The van der Waals surface area contributed by atoms with Crippen molar-refractivity contribution in [2.75, 3.05) is 12.3 Å². The Labute approximate surface area is 158 Å². The van der Waals surface area contributed by atoms with Gasteiger partial charge in [0.2, 0.25) is 11.7 Å². The van der Waals surface area contributed by atoms with Gasteiger partial charge in [-0.3, -0.25) is 9.59 Å². The van der Waals surface area contributed by atoms with Crippen molar-refractivity contribution in [1.29, 1.82) is 0 Å². The molecule has 1 heterocycles. The van der Waals surface area contributed by atoms with E-state index in [4.69, 9.17) is 10.5 Å². The van der Waals surface area contributed by atoms with Gasteiger partial charge in [0.1, 0.15) is 5.71 Å². The molecule has 0 radical (unpaired) electrons. The van der Waals surface area contributed by atoms with Gasteiger partial charge in [-0.25, -0.2) is 9.80 Å². The molecule has 1 saturated carbocycles. The van der Waals surface area contributed by atoms with E-state index in [1.54, 1.807) is 31.2 Å². The van der Waals surface area contributed by atoms with Crippen molar-refractivity contribution < 1.29 is 19.1 Å². The normalized spacial score (nSPS) is 20.3. The number of carbonyl (C=O) groups is 3. The highest BCUT2D eigenvalue weighted by atomic mass is 16.5. The van der Waals surface area contributed by atoms with E-state index >= 15 is 0 Å². The van der Waals surface area contributed by atoms with Crippen LogP contribution in [-0.2, 0) is 14.3 Å². The lowest BCUT2D eigenvalue weighted by Crippen LogP contribution is -2.43. The number of anilines is 1. The maximum Gasteiger partial charge on any atom is 0.331 e. The quantitative estimate of drug-likeness (QED) is 0.487. The summed E-state index contributed by atoms with van der Waals surface area (Å²) in [6, 6.07) is 5.82. The average molecular weight is 371 g/mol. The molecular formula is C20H25N3O4. The molecule has 1 aromatic rings. The maximum absolute atomic E-state index is 13.0. The smallest absolute Gasteiger partial charge is 0.331 e. The first-order valence-corrected chi connectivity index (χ1v) is 9.49. The molecular weight excluding hydrogens is 346 g/mol. The number of nitrogen functional groups attached to an aromatic ring is 1. The number of rotatable bonds is 5. The minimum Gasteiger partial charge on any atom is -0.464 e. The number of ketones is 1. The Balaban J connectivity index is 1.86. The predicted octanol–water partition coefficient (Wildman–Crippen LogP) is 2.55. The number of hydrogen-bond acceptors (Lipinski definition) is 6. The first kappa shape index (κ1) is 19.1. The summed E-state index contributed by atoms with van der Waals surface area (Å²) in [6.07, 6.45) is 4.72. The Morgan fingerprint density at radius 1 is 1.19 bits per heavy atom. The molecule has 1 atom stereocenters. The number of hydrazone groups is 1. The molecule has 1 aliphatic heterocycles. The van der Waals surface area contributed by atoms with Crippen molar-refractivity contribution in [3.63, 3.8) is 0 Å². The maximum atomic E-state index is 13.0. The number of carbonyl (C=O) groups excluding carboxylic acids is 3. The first-order valence-electron chi connectivity index (χ1n) is 9.49. The van der Waals surface area contributed by atoms with E-state index in [1.807, 2.05) is 0 Å². The van der Waals surface area contributed by atoms with Crippen molar-refractivity contribution in [1.82, 2.24) is 5.01 Å². The van der Waals surface area contributed by atoms with Gasteiger partial charge in [-0.15, -0.1) is 0 Å². The molecule has 3 rings (SSSR count). The van der Waals surface area contributed by atoms with Crippen LogP contribution in [-0.4, -0.2) is 41.0 Å². The lowest BCUT2D eigenvalue weighted by atomic mass is 9.88. The van der Waals surface area contributed by atoms with Crippen LogP contribution >= 0.6 is 0 Å². The van der Waals surface area contributed by atoms with E-state index in [9.17, 15) is 14.4 Å². The molecule has 1 amide bonds. The molecule has 7 heteroatoms. The molecule has 27 heavy (non-hydrogen) atoms. The standard InChI is InChI=1S/C20H25N3O4/c1-2-27-20(26)17-12-16(18(24)14-10-6-7-11-15(14)21)22-23(17)19(25)13-8-4-3-5-9-13/h6-7,10-11,13,17H,2-5,8-9,12,21H2,1H3. The zero-order valence-electron chi connectivity index (χ0n) is 15.5. The van der Waals surface area contributed by atoms with Gasteiger partial charge >= 0.3 is 5.97 Å². The van der Waals surface area contributed by atoms with E-state index in [0.29, 0.717) is 11.3 Å². The van der Waals surface area contributed by atoms with E-state index in [2.05, 4.69) is 5.10 Å². The monoisotopic (exact) mass is 371 g/mol. The van der Waals surface area contributed by atoms with Gasteiger partial charge in [0, 0.05) is 23.6 Å². The number of para-hydroxylation sites is 1. The number of amides is 1. The Bertz CT molecular complexity index is 768. The zero-order chi connectivity index (χ0) is 19.4. The number of benzene rings is 1. The van der Waals surface area contributed by atoms with Gasteiger partial charge in [-0.2, -0.15) is 5.10 Å². The third-order valence-corrected chi connectivity index (χ3v) is 5.12. The number of nitrogens with zero attached hydrogens (tertiary/aromatic N) is 2. The molecule has 1 fully saturated rings. The lowest BCUT2D eigenvalue weighted by molar-refractivity contribution is -0.155. The first-order chi connectivity index (χ1) is 13.0. The van der Waals surface area contributed by atoms with Crippen LogP contribution in [0.25, 0.3) is 0 Å². The largest absolute Gasteiger partial charge is 0.464 e. The second-order valence-electron chi connectivity index (χ2n) is 6.95. The summed E-state index contributed by atoms with van der Waals surface area (Å²) in [4.78, 5) is 38.2. The summed E-state index contributed by atoms with van der Waals surface area (Å²) in [5, 5.41) is 5.44. The van der Waals surface area contributed by atoms with Crippen LogP contribution in [0.1, 0.15) is 55.8 Å². The molecule has 0 saturated heterocycles. The van der Waals surface area contributed by atoms with Gasteiger partial charge in [-0.05, 0) is 31.9 Å². The SMILES string of the molecule is CCOC(=O)C1CC(C(=O)c2ccccc2N)=NN1C(=O)C1CCCCC1. The summed E-state index contributed by atoms with van der Waals surface area (Å²) >= 11 is 0. The summed E-state index contributed by atoms with van der Waals surface area (Å²) in [5.74, 6) is -1.25. The lowest BCUT2D eigenvalue weighted by Gasteiger charge is -2.27. The molecule has 0 aromatic heterocycles. The summed E-state index contributed by atoms with van der Waals surface area (Å²) in [5.41, 5.74) is 6.72. The summed E-state index contributed by atoms with van der Waals surface area (Å²) in [7, 11) is 0. The molecule has 2 aliphatic rings. The Kier molecular flexibility index (Phi) is 5.88. The fraction of sp³-hybridized carbons (Fsp3) is 0.500. The molecule has 1 aromatic carbocycles. The van der Waals surface area contributed by atoms with Crippen LogP contribution in [0.4, 0.5) is 5.69 Å². The van der Waals surface area contributed by atoms with Crippen LogP contribution in [0, 0.1) is 5.92 Å². The van der Waals surface area contributed by atoms with Crippen LogP contribution < -0.4 is 5.73 Å². The van der Waals surface area contributed by atoms with Crippen molar-refractivity contribution in [2.45, 2.75) is 51.5 Å². The van der Waals surface area contributed by atoms with Gasteiger partial charge in [0.15, 0.2) is 6.04 Å². The van der Waals surface area contributed by atoms with E-state index in [0.717, 1.165) is 32.1 Å². The number of esters is 1. The molecule has 2 N–H and O–H groups in total. The number of nitrogens with two attached hydrogens (primary N) is 1. The third kappa shape index (κ3) is 4.02. The van der Waals surface area contributed by atoms with Crippen LogP contribution in [0.3, 0.4) is 0 Å². The van der Waals surface area contributed by atoms with Crippen LogP contribution in [0.5, 0.6) is 0 Å². The molecule has 7 nitrogen and oxygen atoms in total. The number of ether oxygens (including phenoxy) is 1. The minimum absolute atomic E-state index is 0.0461. The van der Waals surface area contributed by atoms with Crippen LogP contribution in [0.15, 0.2) is 29.4 Å². The third-order valence-electron chi connectivity index (χ3n) is 5.12. The fourth-order valence-electron chi connectivity index (χ4n) is 3.67. The Hall–Kier alpha value is -2.70. The van der Waals surface area contributed by atoms with Crippen molar-refractivity contribution in [3.05, 3.63) is 29.8 Å². The van der Waals surface area contributed by atoms with Crippen LogP contribution in [0.2, 0.25) is 0 Å². The highest BCUT2D eigenvalue weighted by Gasteiger charge is 2.42. The summed E-state index contributed by atoms with van der Waals surface area (Å²) < 4.78 is 5.11. The van der Waals surface area contributed by atoms with E-state index in [1.165, 1.54) is 5.01 Å². The van der Waals surface area contributed by atoms with Crippen molar-refractivity contribution in [2.24, 2.45) is 11.0 Å². The molecule has 1 aliphatic carbocycles. The van der Waals surface area contributed by atoms with Gasteiger partial charge < -0.3 is 10.5 Å². The predicted molar refractivity (Wildman–Crippen MR) is 101 cm³/mol. The highest BCUT2D eigenvalue weighted by molar-refractivity contribution is 6.47. The van der Waals surface area contributed by atoms with Gasteiger partial charge in [-0.1, -0.05) is 31.4 Å². The fourth-order valence-corrected chi connectivity index (χ4v) is 3.67. The average Bonchev–Trinajstić information content (AvgIpc) is 3.14. The van der Waals surface area contributed by atoms with Gasteiger partial charge in [0.05, 0.1) is 6.61 Å². The van der Waals surface area contributed by atoms with E-state index < -0.39 is 12.0 Å². The summed E-state index contributed by atoms with van der Waals surface area (Å²) in [6.45, 7) is 1.91. The second-order valence-corrected chi connectivity index (χ2v) is 6.95. The Morgan fingerprint density at radius 2 is 1.89 bits per heavy atom. The zero-order valence-corrected chi connectivity index (χ0v) is 15.5. The number of hydrogen-bond donors (Lipinski definition) is 1. The van der Waals surface area contributed by atoms with Gasteiger partial charge in [0.25, 0.3) is 0 Å². The number of Topliss-reactive ketones (excluding diaryl/α,β-unsaturated/α-hetero) is 1. The molecule has 0 bridgehead atoms. The van der Waals surface area contributed by atoms with E-state index in [-0.39, 0.29) is 36.3 Å². The Morgan fingerprint density at radius 3 is 2.56 bits per heavy atom. The molecule has 1 unspecified atom stereocenters. The second kappa shape index (κ2) is 8.33. The minimum atomic E-state index is -0.886. The van der Waals surface area contributed by atoms with Crippen molar-refractivity contribution in [3.8, 4) is 0 Å². The molecule has 0 spiro atoms. The van der Waals surface area contributed by atoms with Crippen molar-refractivity contribution >= 4 is 29.1 Å². The molecule has 144 valence electrons. The highest BCUT2D eigenvalue weighted by Crippen LogP contribution is 2.29.